The summed E-state index contributed by atoms with van der Waals surface area (Å²) >= 11 is 0. The quantitative estimate of drug-likeness (QED) is 0.514. The number of ether oxygens (including phenoxy) is 1. The van der Waals surface area contributed by atoms with Crippen molar-refractivity contribution in [2.45, 2.75) is 12.5 Å². The van der Waals surface area contributed by atoms with Gasteiger partial charge >= 0.3 is 0 Å². The number of carbonyl (C=O) groups is 1. The summed E-state index contributed by atoms with van der Waals surface area (Å²) in [5.74, 6) is -0.341. The second-order valence-corrected chi connectivity index (χ2v) is 4.48. The van der Waals surface area contributed by atoms with Gasteiger partial charge in [0.2, 0.25) is 0 Å². The van der Waals surface area contributed by atoms with Crippen LogP contribution in [0.25, 0.3) is 10.9 Å². The number of aromatic amines is 1. The van der Waals surface area contributed by atoms with Crippen molar-refractivity contribution in [3.8, 4) is 0 Å². The van der Waals surface area contributed by atoms with Crippen LogP contribution >= 0.6 is 0 Å². The summed E-state index contributed by atoms with van der Waals surface area (Å²) in [6, 6.07) is 7.24. The minimum absolute atomic E-state index is 0.294. The van der Waals surface area contributed by atoms with E-state index in [0.717, 1.165) is 16.5 Å². The number of hydrogen-bond donors (Lipinski definition) is 3. The first-order valence-corrected chi connectivity index (χ1v) is 6.43. The molecule has 1 amide bonds. The van der Waals surface area contributed by atoms with Crippen molar-refractivity contribution in [3.63, 3.8) is 0 Å². The average molecular weight is 277 g/mol. The number of aromatic nitrogens is 1. The summed E-state index contributed by atoms with van der Waals surface area (Å²) in [6.07, 6.45) is 2.33. The molecule has 0 aliphatic rings. The van der Waals surface area contributed by atoms with Crippen LogP contribution in [0.4, 0.5) is 0 Å². The van der Waals surface area contributed by atoms with Gasteiger partial charge in [-0.15, -0.1) is 0 Å². The van der Waals surface area contributed by atoms with E-state index in [9.17, 15) is 4.79 Å². The fraction of sp³-hybridized carbons (Fsp3) is 0.357. The Labute approximate surface area is 117 Å². The van der Waals surface area contributed by atoms with Crippen molar-refractivity contribution in [2.75, 3.05) is 20.3 Å². The first-order valence-electron chi connectivity index (χ1n) is 6.43. The summed E-state index contributed by atoms with van der Waals surface area (Å²) in [5.41, 5.74) is 10.2. The highest BCUT2D eigenvalue weighted by Gasteiger charge is 2.16. The highest BCUT2D eigenvalue weighted by Crippen LogP contribution is 2.18. The van der Waals surface area contributed by atoms with Gasteiger partial charge in [-0.3, -0.25) is 9.63 Å². The molecule has 1 heterocycles. The van der Waals surface area contributed by atoms with Crippen LogP contribution < -0.4 is 11.2 Å². The van der Waals surface area contributed by atoms with Crippen LogP contribution in [0.1, 0.15) is 5.56 Å². The molecular weight excluding hydrogens is 258 g/mol. The Balaban J connectivity index is 1.90. The third-order valence-electron chi connectivity index (χ3n) is 3.01. The maximum Gasteiger partial charge on any atom is 0.260 e. The van der Waals surface area contributed by atoms with E-state index in [1.807, 2.05) is 30.5 Å². The lowest BCUT2D eigenvalue weighted by molar-refractivity contribution is -0.135. The van der Waals surface area contributed by atoms with Crippen molar-refractivity contribution < 1.29 is 14.4 Å². The maximum absolute atomic E-state index is 11.8. The third kappa shape index (κ3) is 3.57. The molecule has 0 spiro atoms. The largest absolute Gasteiger partial charge is 0.382 e. The standard InChI is InChI=1S/C14H19N3O3/c1-19-6-7-20-17-14(18)12(15)8-10-9-16-13-5-3-2-4-11(10)13/h2-5,9,12,16H,6-8,15H2,1H3,(H,17,18). The van der Waals surface area contributed by atoms with E-state index in [1.54, 1.807) is 7.11 Å². The van der Waals surface area contributed by atoms with Crippen molar-refractivity contribution in [3.05, 3.63) is 36.0 Å². The number of benzene rings is 1. The van der Waals surface area contributed by atoms with E-state index in [4.69, 9.17) is 15.3 Å². The van der Waals surface area contributed by atoms with Gasteiger partial charge in [-0.05, 0) is 18.1 Å². The maximum atomic E-state index is 11.8. The van der Waals surface area contributed by atoms with Gasteiger partial charge < -0.3 is 15.5 Å². The molecule has 0 saturated carbocycles. The van der Waals surface area contributed by atoms with E-state index in [1.165, 1.54) is 0 Å². The molecule has 1 unspecified atom stereocenters. The number of H-pyrrole nitrogens is 1. The SMILES string of the molecule is COCCONC(=O)C(N)Cc1c[nH]c2ccccc12. The highest BCUT2D eigenvalue weighted by atomic mass is 16.7. The Morgan fingerprint density at radius 1 is 1.40 bits per heavy atom. The average Bonchev–Trinajstić information content (AvgIpc) is 2.87. The van der Waals surface area contributed by atoms with Crippen LogP contribution in [0.5, 0.6) is 0 Å². The molecule has 0 bridgehead atoms. The molecule has 20 heavy (non-hydrogen) atoms. The van der Waals surface area contributed by atoms with Crippen LogP contribution in [-0.2, 0) is 20.8 Å². The molecule has 1 aromatic heterocycles. The number of fused-ring (bicyclic) bond motifs is 1. The minimum atomic E-state index is -0.656. The van der Waals surface area contributed by atoms with Gasteiger partial charge in [-0.1, -0.05) is 18.2 Å². The fourth-order valence-corrected chi connectivity index (χ4v) is 1.95. The monoisotopic (exact) mass is 277 g/mol. The zero-order valence-electron chi connectivity index (χ0n) is 11.4. The van der Waals surface area contributed by atoms with Gasteiger partial charge in [-0.25, -0.2) is 5.48 Å². The predicted octanol–water partition coefficient (Wildman–Crippen LogP) is 0.732. The first kappa shape index (κ1) is 14.5. The number of nitrogens with two attached hydrogens (primary N) is 1. The molecule has 2 rings (SSSR count). The van der Waals surface area contributed by atoms with Crippen LogP contribution in [0.3, 0.4) is 0 Å². The van der Waals surface area contributed by atoms with E-state index >= 15 is 0 Å². The Hall–Kier alpha value is -1.89. The molecular formula is C14H19N3O3. The second kappa shape index (κ2) is 7.04. The highest BCUT2D eigenvalue weighted by molar-refractivity contribution is 5.85. The van der Waals surface area contributed by atoms with Gasteiger partial charge in [0.1, 0.15) is 0 Å². The molecule has 0 radical (unpaired) electrons. The molecule has 4 N–H and O–H groups in total. The third-order valence-corrected chi connectivity index (χ3v) is 3.01. The van der Waals surface area contributed by atoms with Gasteiger partial charge in [0.25, 0.3) is 5.91 Å². The molecule has 0 aliphatic carbocycles. The molecule has 0 saturated heterocycles. The van der Waals surface area contributed by atoms with E-state index < -0.39 is 6.04 Å². The number of amides is 1. The number of nitrogens with one attached hydrogen (secondary N) is 2. The smallest absolute Gasteiger partial charge is 0.260 e. The van der Waals surface area contributed by atoms with Crippen molar-refractivity contribution in [1.29, 1.82) is 0 Å². The summed E-state index contributed by atoms with van der Waals surface area (Å²) < 4.78 is 4.81. The van der Waals surface area contributed by atoms with E-state index in [2.05, 4.69) is 10.5 Å². The number of hydrogen-bond acceptors (Lipinski definition) is 4. The van der Waals surface area contributed by atoms with Crippen molar-refractivity contribution in [1.82, 2.24) is 10.5 Å². The lowest BCUT2D eigenvalue weighted by atomic mass is 10.1. The fourth-order valence-electron chi connectivity index (χ4n) is 1.95. The molecule has 1 atom stereocenters. The second-order valence-electron chi connectivity index (χ2n) is 4.48. The lowest BCUT2D eigenvalue weighted by Gasteiger charge is -2.11. The first-order chi connectivity index (χ1) is 9.72. The Bertz CT molecular complexity index is 568. The summed E-state index contributed by atoms with van der Waals surface area (Å²) in [7, 11) is 1.56. The topological polar surface area (TPSA) is 89.4 Å². The zero-order valence-corrected chi connectivity index (χ0v) is 11.4. The summed E-state index contributed by atoms with van der Waals surface area (Å²) in [4.78, 5) is 19.9. The van der Waals surface area contributed by atoms with Crippen LogP contribution in [-0.4, -0.2) is 37.3 Å². The molecule has 6 heteroatoms. The zero-order chi connectivity index (χ0) is 14.4. The summed E-state index contributed by atoms with van der Waals surface area (Å²) in [5, 5.41) is 1.08. The molecule has 1 aromatic carbocycles. The Kier molecular flexibility index (Phi) is 5.11. The molecule has 0 aliphatic heterocycles. The normalized spacial score (nSPS) is 12.5. The van der Waals surface area contributed by atoms with Crippen LogP contribution in [0, 0.1) is 0 Å². The number of para-hydroxylation sites is 1. The number of hydroxylamine groups is 1. The van der Waals surface area contributed by atoms with Crippen molar-refractivity contribution in [2.24, 2.45) is 5.73 Å². The van der Waals surface area contributed by atoms with Gasteiger partial charge in [-0.2, -0.15) is 0 Å². The van der Waals surface area contributed by atoms with Gasteiger partial charge in [0.05, 0.1) is 19.3 Å². The van der Waals surface area contributed by atoms with Crippen LogP contribution in [0.2, 0.25) is 0 Å². The predicted molar refractivity (Wildman–Crippen MR) is 75.9 cm³/mol. The lowest BCUT2D eigenvalue weighted by Crippen LogP contribution is -2.42. The molecule has 6 nitrogen and oxygen atoms in total. The summed E-state index contributed by atoms with van der Waals surface area (Å²) in [6.45, 7) is 0.708. The van der Waals surface area contributed by atoms with Gasteiger partial charge in [0.15, 0.2) is 0 Å². The molecule has 0 fully saturated rings. The van der Waals surface area contributed by atoms with E-state index in [0.29, 0.717) is 19.6 Å². The van der Waals surface area contributed by atoms with Crippen molar-refractivity contribution >= 4 is 16.8 Å². The van der Waals surface area contributed by atoms with Gasteiger partial charge in [0, 0.05) is 24.2 Å². The van der Waals surface area contributed by atoms with Crippen LogP contribution in [0.15, 0.2) is 30.5 Å². The van der Waals surface area contributed by atoms with E-state index in [-0.39, 0.29) is 5.91 Å². The molecule has 2 aromatic rings. The minimum Gasteiger partial charge on any atom is -0.382 e. The molecule has 108 valence electrons. The number of rotatable bonds is 7. The Morgan fingerprint density at radius 2 is 2.20 bits per heavy atom. The number of carbonyl (C=O) groups excluding carboxylic acids is 1. The Morgan fingerprint density at radius 3 is 3.00 bits per heavy atom. The number of methoxy groups -OCH3 is 1.